The molecule has 0 saturated heterocycles. The van der Waals surface area contributed by atoms with Crippen LogP contribution in [0.2, 0.25) is 0 Å². The molecule has 0 aromatic heterocycles. The van der Waals surface area contributed by atoms with Crippen molar-refractivity contribution in [2.75, 3.05) is 11.0 Å². The Kier molecular flexibility index (Phi) is 5.00. The lowest BCUT2D eigenvalue weighted by atomic mass is 10.1. The highest BCUT2D eigenvalue weighted by Crippen LogP contribution is 2.15. The van der Waals surface area contributed by atoms with Gasteiger partial charge in [-0.15, -0.1) is 0 Å². The maximum atomic E-state index is 12.9. The van der Waals surface area contributed by atoms with Gasteiger partial charge in [0.05, 0.1) is 12.3 Å². The highest BCUT2D eigenvalue weighted by molar-refractivity contribution is 7.92. The van der Waals surface area contributed by atoms with E-state index < -0.39 is 10.0 Å². The van der Waals surface area contributed by atoms with Crippen molar-refractivity contribution in [3.63, 3.8) is 0 Å². The third-order valence-corrected chi connectivity index (χ3v) is 3.77. The van der Waals surface area contributed by atoms with Crippen LogP contribution >= 0.6 is 0 Å². The standard InChI is InChI=1S/C16H17FN2O3S/c1-11(12-3-7-14(17)8-4-12)18-16(20)13-5-9-15(10-6-13)19-23(2,21)22/h3-11,19H,1-2H3,(H,18,20)/t11-/m1/s1. The van der Waals surface area contributed by atoms with Crippen LogP contribution in [0.4, 0.5) is 10.1 Å². The highest BCUT2D eigenvalue weighted by atomic mass is 32.2. The third kappa shape index (κ3) is 5.07. The van der Waals surface area contributed by atoms with Crippen molar-refractivity contribution in [1.29, 1.82) is 0 Å². The van der Waals surface area contributed by atoms with Gasteiger partial charge in [-0.1, -0.05) is 12.1 Å². The topological polar surface area (TPSA) is 75.3 Å². The highest BCUT2D eigenvalue weighted by Gasteiger charge is 2.12. The van der Waals surface area contributed by atoms with Crippen LogP contribution in [0.3, 0.4) is 0 Å². The number of benzene rings is 2. The van der Waals surface area contributed by atoms with Crippen molar-refractivity contribution >= 4 is 21.6 Å². The summed E-state index contributed by atoms with van der Waals surface area (Å²) >= 11 is 0. The summed E-state index contributed by atoms with van der Waals surface area (Å²) < 4.78 is 37.5. The molecule has 122 valence electrons. The van der Waals surface area contributed by atoms with Gasteiger partial charge in [-0.2, -0.15) is 0 Å². The number of halogens is 1. The van der Waals surface area contributed by atoms with Crippen molar-refractivity contribution in [3.05, 3.63) is 65.5 Å². The van der Waals surface area contributed by atoms with E-state index in [0.717, 1.165) is 11.8 Å². The summed E-state index contributed by atoms with van der Waals surface area (Å²) in [6.07, 6.45) is 1.05. The van der Waals surface area contributed by atoms with Gasteiger partial charge in [0, 0.05) is 11.3 Å². The van der Waals surface area contributed by atoms with E-state index in [-0.39, 0.29) is 17.8 Å². The smallest absolute Gasteiger partial charge is 0.251 e. The maximum Gasteiger partial charge on any atom is 0.251 e. The molecule has 1 amide bonds. The molecule has 0 bridgehead atoms. The molecule has 1 atom stereocenters. The Morgan fingerprint density at radius 3 is 2.13 bits per heavy atom. The molecule has 0 heterocycles. The Labute approximate surface area is 134 Å². The summed E-state index contributed by atoms with van der Waals surface area (Å²) in [5.74, 6) is -0.631. The number of carbonyl (C=O) groups is 1. The van der Waals surface area contributed by atoms with E-state index in [1.165, 1.54) is 36.4 Å². The lowest BCUT2D eigenvalue weighted by Gasteiger charge is -2.14. The molecule has 2 rings (SSSR count). The van der Waals surface area contributed by atoms with E-state index in [4.69, 9.17) is 0 Å². The van der Waals surface area contributed by atoms with Crippen LogP contribution in [0.1, 0.15) is 28.9 Å². The quantitative estimate of drug-likeness (QED) is 0.881. The van der Waals surface area contributed by atoms with E-state index in [0.29, 0.717) is 11.3 Å². The lowest BCUT2D eigenvalue weighted by Crippen LogP contribution is -2.26. The lowest BCUT2D eigenvalue weighted by molar-refractivity contribution is 0.0940. The molecule has 0 spiro atoms. The molecule has 0 aliphatic rings. The Hall–Kier alpha value is -2.41. The number of hydrogen-bond acceptors (Lipinski definition) is 3. The molecule has 0 radical (unpaired) electrons. The zero-order chi connectivity index (χ0) is 17.0. The molecule has 0 unspecified atom stereocenters. The fourth-order valence-corrected chi connectivity index (χ4v) is 2.58. The first-order valence-electron chi connectivity index (χ1n) is 6.89. The van der Waals surface area contributed by atoms with Crippen LogP contribution in [-0.2, 0) is 10.0 Å². The second-order valence-corrected chi connectivity index (χ2v) is 6.95. The van der Waals surface area contributed by atoms with Crippen molar-refractivity contribution in [2.24, 2.45) is 0 Å². The second-order valence-electron chi connectivity index (χ2n) is 5.20. The predicted molar refractivity (Wildman–Crippen MR) is 87.2 cm³/mol. The minimum absolute atomic E-state index is 0.281. The number of rotatable bonds is 5. The maximum absolute atomic E-state index is 12.9. The second kappa shape index (κ2) is 6.78. The van der Waals surface area contributed by atoms with Gasteiger partial charge >= 0.3 is 0 Å². The molecule has 23 heavy (non-hydrogen) atoms. The predicted octanol–water partition coefficient (Wildman–Crippen LogP) is 2.69. The van der Waals surface area contributed by atoms with Gasteiger partial charge in [0.1, 0.15) is 5.82 Å². The average molecular weight is 336 g/mol. The fourth-order valence-electron chi connectivity index (χ4n) is 2.02. The van der Waals surface area contributed by atoms with E-state index in [1.807, 2.05) is 0 Å². The Bertz CT molecular complexity index is 787. The summed E-state index contributed by atoms with van der Waals surface area (Å²) in [5.41, 5.74) is 1.57. The van der Waals surface area contributed by atoms with Crippen LogP contribution in [0.5, 0.6) is 0 Å². The molecule has 2 aromatic rings. The number of carbonyl (C=O) groups excluding carboxylic acids is 1. The number of hydrogen-bond donors (Lipinski definition) is 2. The monoisotopic (exact) mass is 336 g/mol. The van der Waals surface area contributed by atoms with Crippen LogP contribution in [0.15, 0.2) is 48.5 Å². The summed E-state index contributed by atoms with van der Waals surface area (Å²) in [7, 11) is -3.35. The Morgan fingerprint density at radius 2 is 1.61 bits per heavy atom. The van der Waals surface area contributed by atoms with Gasteiger partial charge in [-0.05, 0) is 48.9 Å². The minimum Gasteiger partial charge on any atom is -0.346 e. The minimum atomic E-state index is -3.35. The molecule has 2 N–H and O–H groups in total. The third-order valence-electron chi connectivity index (χ3n) is 3.17. The van der Waals surface area contributed by atoms with Gasteiger partial charge in [0.25, 0.3) is 5.91 Å². The normalized spacial score (nSPS) is 12.5. The number of sulfonamides is 1. The molecular weight excluding hydrogens is 319 g/mol. The zero-order valence-electron chi connectivity index (χ0n) is 12.7. The van der Waals surface area contributed by atoms with Crippen LogP contribution in [0.25, 0.3) is 0 Å². The average Bonchev–Trinajstić information content (AvgIpc) is 2.46. The molecular formula is C16H17FN2O3S. The van der Waals surface area contributed by atoms with Crippen LogP contribution in [-0.4, -0.2) is 20.6 Å². The summed E-state index contributed by atoms with van der Waals surface area (Å²) in [6.45, 7) is 1.80. The van der Waals surface area contributed by atoms with Gasteiger partial charge < -0.3 is 5.32 Å². The van der Waals surface area contributed by atoms with E-state index in [9.17, 15) is 17.6 Å². The van der Waals surface area contributed by atoms with Crippen molar-refractivity contribution in [3.8, 4) is 0 Å². The fraction of sp³-hybridized carbons (Fsp3) is 0.188. The molecule has 2 aromatic carbocycles. The van der Waals surface area contributed by atoms with E-state index >= 15 is 0 Å². The van der Waals surface area contributed by atoms with Gasteiger partial charge in [-0.25, -0.2) is 12.8 Å². The molecule has 0 aliphatic heterocycles. The number of amides is 1. The van der Waals surface area contributed by atoms with Crippen LogP contribution < -0.4 is 10.0 Å². The van der Waals surface area contributed by atoms with Crippen molar-refractivity contribution in [2.45, 2.75) is 13.0 Å². The molecule has 0 saturated carbocycles. The first kappa shape index (κ1) is 17.0. The first-order chi connectivity index (χ1) is 10.7. The Balaban J connectivity index is 2.04. The summed E-state index contributed by atoms with van der Waals surface area (Å²) in [4.78, 5) is 12.2. The summed E-state index contributed by atoms with van der Waals surface area (Å²) in [6, 6.07) is 11.7. The molecule has 5 nitrogen and oxygen atoms in total. The molecule has 0 fully saturated rings. The van der Waals surface area contributed by atoms with E-state index in [2.05, 4.69) is 10.0 Å². The van der Waals surface area contributed by atoms with Crippen molar-refractivity contribution < 1.29 is 17.6 Å². The molecule has 0 aliphatic carbocycles. The van der Waals surface area contributed by atoms with Crippen LogP contribution in [0, 0.1) is 5.82 Å². The number of anilines is 1. The zero-order valence-corrected chi connectivity index (χ0v) is 13.5. The summed E-state index contributed by atoms with van der Waals surface area (Å²) in [5, 5.41) is 2.80. The van der Waals surface area contributed by atoms with E-state index in [1.54, 1.807) is 19.1 Å². The number of nitrogens with one attached hydrogen (secondary N) is 2. The first-order valence-corrected chi connectivity index (χ1v) is 8.78. The largest absolute Gasteiger partial charge is 0.346 e. The Morgan fingerprint density at radius 1 is 1.04 bits per heavy atom. The SMILES string of the molecule is C[C@@H](NC(=O)c1ccc(NS(C)(=O)=O)cc1)c1ccc(F)cc1. The van der Waals surface area contributed by atoms with Gasteiger partial charge in [0.2, 0.25) is 10.0 Å². The van der Waals surface area contributed by atoms with Crippen molar-refractivity contribution in [1.82, 2.24) is 5.32 Å². The van der Waals surface area contributed by atoms with Gasteiger partial charge in [-0.3, -0.25) is 9.52 Å². The molecule has 7 heteroatoms. The van der Waals surface area contributed by atoms with Gasteiger partial charge in [0.15, 0.2) is 0 Å².